The number of hydrogen-bond donors (Lipinski definition) is 1. The van der Waals surface area contributed by atoms with Gasteiger partial charge >= 0.3 is 6.03 Å². The zero-order valence-corrected chi connectivity index (χ0v) is 14.2. The predicted molar refractivity (Wildman–Crippen MR) is 92.7 cm³/mol. The number of amides is 2. The lowest BCUT2D eigenvalue weighted by Gasteiger charge is -2.23. The van der Waals surface area contributed by atoms with E-state index in [2.05, 4.69) is 29.5 Å². The molecule has 1 aliphatic rings. The summed E-state index contributed by atoms with van der Waals surface area (Å²) in [7, 11) is 0. The number of hydrogen-bond acceptors (Lipinski definition) is 3. The van der Waals surface area contributed by atoms with E-state index in [4.69, 9.17) is 4.52 Å². The maximum Gasteiger partial charge on any atom is 0.317 e. The molecule has 5 nitrogen and oxygen atoms in total. The van der Waals surface area contributed by atoms with Crippen LogP contribution in [-0.4, -0.2) is 29.2 Å². The molecular weight excluding hydrogens is 302 g/mol. The zero-order chi connectivity index (χ0) is 16.8. The lowest BCUT2D eigenvalue weighted by molar-refractivity contribution is 0.191. The highest BCUT2D eigenvalue weighted by Gasteiger charge is 2.32. The van der Waals surface area contributed by atoms with Crippen molar-refractivity contribution in [2.75, 3.05) is 13.1 Å². The molecule has 1 aromatic heterocycles. The fraction of sp³-hybridized carbons (Fsp3) is 0.474. The monoisotopic (exact) mass is 327 g/mol. The molecule has 1 aromatic carbocycles. The Kier molecular flexibility index (Phi) is 5.51. The van der Waals surface area contributed by atoms with E-state index >= 15 is 0 Å². The van der Waals surface area contributed by atoms with Crippen LogP contribution in [0.4, 0.5) is 4.79 Å². The SMILES string of the molecule is CCCc1cc([C@H]2CCCN2C(=O)NCCc2ccccc2)no1. The van der Waals surface area contributed by atoms with Gasteiger partial charge in [-0.15, -0.1) is 0 Å². The van der Waals surface area contributed by atoms with Crippen molar-refractivity contribution in [1.29, 1.82) is 0 Å². The Morgan fingerprint density at radius 2 is 2.17 bits per heavy atom. The van der Waals surface area contributed by atoms with Gasteiger partial charge in [0.15, 0.2) is 0 Å². The summed E-state index contributed by atoms with van der Waals surface area (Å²) in [5.41, 5.74) is 2.12. The van der Waals surface area contributed by atoms with E-state index in [0.29, 0.717) is 6.54 Å². The average molecular weight is 327 g/mol. The Labute approximate surface area is 143 Å². The standard InChI is InChI=1S/C19H25N3O2/c1-2-7-16-14-17(21-24-16)18-10-6-13-22(18)19(23)20-12-11-15-8-4-3-5-9-15/h3-5,8-9,14,18H,2,6-7,10-13H2,1H3,(H,20,23)/t18-/m1/s1. The molecule has 1 aliphatic heterocycles. The Morgan fingerprint density at radius 1 is 1.33 bits per heavy atom. The number of likely N-dealkylation sites (tertiary alicyclic amines) is 1. The summed E-state index contributed by atoms with van der Waals surface area (Å²) in [6.07, 6.45) is 4.72. The molecule has 2 amide bonds. The molecule has 1 atom stereocenters. The van der Waals surface area contributed by atoms with Crippen LogP contribution in [0.15, 0.2) is 40.9 Å². The maximum atomic E-state index is 12.5. The maximum absolute atomic E-state index is 12.5. The summed E-state index contributed by atoms with van der Waals surface area (Å²) >= 11 is 0. The Hall–Kier alpha value is -2.30. The number of rotatable bonds is 6. The van der Waals surface area contributed by atoms with Gasteiger partial charge in [-0.1, -0.05) is 42.4 Å². The van der Waals surface area contributed by atoms with Crippen molar-refractivity contribution in [1.82, 2.24) is 15.4 Å². The number of urea groups is 1. The van der Waals surface area contributed by atoms with Crippen LogP contribution < -0.4 is 5.32 Å². The second-order valence-corrected chi connectivity index (χ2v) is 6.29. The van der Waals surface area contributed by atoms with Gasteiger partial charge < -0.3 is 14.7 Å². The fourth-order valence-corrected chi connectivity index (χ4v) is 3.23. The van der Waals surface area contributed by atoms with Gasteiger partial charge in [0.05, 0.1) is 6.04 Å². The van der Waals surface area contributed by atoms with Gasteiger partial charge in [0.25, 0.3) is 0 Å². The molecular formula is C19H25N3O2. The number of nitrogens with one attached hydrogen (secondary N) is 1. The van der Waals surface area contributed by atoms with E-state index in [-0.39, 0.29) is 12.1 Å². The van der Waals surface area contributed by atoms with Gasteiger partial charge in [-0.25, -0.2) is 4.79 Å². The third-order valence-corrected chi connectivity index (χ3v) is 4.46. The van der Waals surface area contributed by atoms with Gasteiger partial charge in [0.1, 0.15) is 11.5 Å². The van der Waals surface area contributed by atoms with Crippen LogP contribution in [0.5, 0.6) is 0 Å². The largest absolute Gasteiger partial charge is 0.361 e. The number of carbonyl (C=O) groups excluding carboxylic acids is 1. The molecule has 1 saturated heterocycles. The molecule has 2 heterocycles. The third kappa shape index (κ3) is 3.96. The van der Waals surface area contributed by atoms with Crippen LogP contribution in [0, 0.1) is 0 Å². The summed E-state index contributed by atoms with van der Waals surface area (Å²) in [5, 5.41) is 7.21. The molecule has 128 valence electrons. The number of aryl methyl sites for hydroxylation is 1. The molecule has 24 heavy (non-hydrogen) atoms. The van der Waals surface area contributed by atoms with Gasteiger partial charge in [-0.2, -0.15) is 0 Å². The molecule has 5 heteroatoms. The van der Waals surface area contributed by atoms with Crippen LogP contribution in [-0.2, 0) is 12.8 Å². The molecule has 0 aliphatic carbocycles. The summed E-state index contributed by atoms with van der Waals surface area (Å²) in [6.45, 7) is 3.54. The first-order chi connectivity index (χ1) is 11.8. The average Bonchev–Trinajstić information content (AvgIpc) is 3.25. The van der Waals surface area contributed by atoms with Crippen LogP contribution in [0.1, 0.15) is 49.2 Å². The molecule has 0 radical (unpaired) electrons. The predicted octanol–water partition coefficient (Wildman–Crippen LogP) is 3.72. The number of nitrogens with zero attached hydrogens (tertiary/aromatic N) is 2. The van der Waals surface area contributed by atoms with Crippen molar-refractivity contribution in [3.8, 4) is 0 Å². The van der Waals surface area contributed by atoms with Crippen LogP contribution >= 0.6 is 0 Å². The Bertz CT molecular complexity index is 654. The van der Waals surface area contributed by atoms with Gasteiger partial charge in [0, 0.05) is 25.6 Å². The zero-order valence-electron chi connectivity index (χ0n) is 14.2. The molecule has 1 fully saturated rings. The summed E-state index contributed by atoms with van der Waals surface area (Å²) in [6, 6.07) is 12.2. The topological polar surface area (TPSA) is 58.4 Å². The fourth-order valence-electron chi connectivity index (χ4n) is 3.23. The van der Waals surface area contributed by atoms with Gasteiger partial charge in [0.2, 0.25) is 0 Å². The normalized spacial score (nSPS) is 17.2. The Morgan fingerprint density at radius 3 is 2.96 bits per heavy atom. The van der Waals surface area contributed by atoms with E-state index in [1.165, 1.54) is 5.56 Å². The first kappa shape index (κ1) is 16.6. The minimum absolute atomic E-state index is 0.00604. The Balaban J connectivity index is 1.55. The highest BCUT2D eigenvalue weighted by Crippen LogP contribution is 2.31. The molecule has 3 rings (SSSR count). The highest BCUT2D eigenvalue weighted by atomic mass is 16.5. The van der Waals surface area contributed by atoms with E-state index in [0.717, 1.165) is 50.1 Å². The van der Waals surface area contributed by atoms with Crippen molar-refractivity contribution < 1.29 is 9.32 Å². The number of carbonyl (C=O) groups is 1. The minimum Gasteiger partial charge on any atom is -0.361 e. The highest BCUT2D eigenvalue weighted by molar-refractivity contribution is 5.75. The van der Waals surface area contributed by atoms with E-state index in [1.54, 1.807) is 0 Å². The molecule has 0 unspecified atom stereocenters. The first-order valence-electron chi connectivity index (χ1n) is 8.82. The van der Waals surface area contributed by atoms with Crippen LogP contribution in [0.2, 0.25) is 0 Å². The molecule has 0 saturated carbocycles. The lowest BCUT2D eigenvalue weighted by atomic mass is 10.1. The van der Waals surface area contributed by atoms with Crippen molar-refractivity contribution >= 4 is 6.03 Å². The summed E-state index contributed by atoms with van der Waals surface area (Å²) in [5.74, 6) is 0.906. The van der Waals surface area contributed by atoms with Gasteiger partial charge in [-0.3, -0.25) is 0 Å². The summed E-state index contributed by atoms with van der Waals surface area (Å²) in [4.78, 5) is 14.4. The van der Waals surface area contributed by atoms with Crippen molar-refractivity contribution in [3.05, 3.63) is 53.4 Å². The minimum atomic E-state index is -0.00604. The van der Waals surface area contributed by atoms with E-state index in [1.807, 2.05) is 29.2 Å². The van der Waals surface area contributed by atoms with Crippen molar-refractivity contribution in [2.45, 2.75) is 45.1 Å². The van der Waals surface area contributed by atoms with E-state index in [9.17, 15) is 4.79 Å². The van der Waals surface area contributed by atoms with Crippen LogP contribution in [0.3, 0.4) is 0 Å². The molecule has 1 N–H and O–H groups in total. The van der Waals surface area contributed by atoms with Crippen molar-refractivity contribution in [3.63, 3.8) is 0 Å². The van der Waals surface area contributed by atoms with Gasteiger partial charge in [-0.05, 0) is 31.2 Å². The van der Waals surface area contributed by atoms with Crippen molar-refractivity contribution in [2.24, 2.45) is 0 Å². The molecule has 2 aromatic rings. The second kappa shape index (κ2) is 7.99. The third-order valence-electron chi connectivity index (χ3n) is 4.46. The second-order valence-electron chi connectivity index (χ2n) is 6.29. The quantitative estimate of drug-likeness (QED) is 0.880. The summed E-state index contributed by atoms with van der Waals surface area (Å²) < 4.78 is 5.38. The smallest absolute Gasteiger partial charge is 0.317 e. The lowest BCUT2D eigenvalue weighted by Crippen LogP contribution is -2.40. The number of benzene rings is 1. The first-order valence-corrected chi connectivity index (χ1v) is 8.82. The molecule has 0 spiro atoms. The number of aromatic nitrogens is 1. The van der Waals surface area contributed by atoms with Crippen LogP contribution in [0.25, 0.3) is 0 Å². The molecule has 0 bridgehead atoms. The van der Waals surface area contributed by atoms with E-state index < -0.39 is 0 Å².